The molecule has 7 heteroatoms. The minimum atomic E-state index is -1.15. The number of carboxylic acids is 1. The second-order valence-electron chi connectivity index (χ2n) is 4.19. The molecule has 20 heavy (non-hydrogen) atoms. The van der Waals surface area contributed by atoms with Crippen molar-refractivity contribution in [3.63, 3.8) is 0 Å². The Kier molecular flexibility index (Phi) is 2.67. The van der Waals surface area contributed by atoms with Crippen molar-refractivity contribution in [2.45, 2.75) is 6.92 Å². The largest absolute Gasteiger partial charge is 0.477 e. The minimum absolute atomic E-state index is 0.123. The van der Waals surface area contributed by atoms with E-state index in [1.807, 2.05) is 0 Å². The summed E-state index contributed by atoms with van der Waals surface area (Å²) in [6.45, 7) is 1.62. The summed E-state index contributed by atoms with van der Waals surface area (Å²) in [5, 5.41) is 16.8. The van der Waals surface area contributed by atoms with Gasteiger partial charge in [-0.05, 0) is 19.1 Å². The lowest BCUT2D eigenvalue weighted by Crippen LogP contribution is -2.06. The standard InChI is InChI=1S/C13H9FN4O2/c1-7-15-10(13(19)20)6-11-16-17-12(18(7)11)8-4-2-3-5-9(8)14/h2-6H,1H3,(H,19,20). The van der Waals surface area contributed by atoms with Gasteiger partial charge in [-0.25, -0.2) is 14.2 Å². The number of carbonyl (C=O) groups is 1. The first-order valence-electron chi connectivity index (χ1n) is 5.79. The number of benzene rings is 1. The third-order valence-electron chi connectivity index (χ3n) is 2.89. The third-order valence-corrected chi connectivity index (χ3v) is 2.89. The van der Waals surface area contributed by atoms with Crippen molar-refractivity contribution < 1.29 is 14.3 Å². The Bertz CT molecular complexity index is 828. The highest BCUT2D eigenvalue weighted by atomic mass is 19.1. The average Bonchev–Trinajstić information content (AvgIpc) is 2.83. The lowest BCUT2D eigenvalue weighted by Gasteiger charge is -2.05. The monoisotopic (exact) mass is 272 g/mol. The Morgan fingerprint density at radius 2 is 2.05 bits per heavy atom. The summed E-state index contributed by atoms with van der Waals surface area (Å²) in [5.74, 6) is -0.905. The summed E-state index contributed by atoms with van der Waals surface area (Å²) >= 11 is 0. The first kappa shape index (κ1) is 12.2. The summed E-state index contributed by atoms with van der Waals surface area (Å²) < 4.78 is 15.3. The van der Waals surface area contributed by atoms with Gasteiger partial charge in [0, 0.05) is 6.07 Å². The minimum Gasteiger partial charge on any atom is -0.477 e. The van der Waals surface area contributed by atoms with Crippen molar-refractivity contribution in [2.24, 2.45) is 0 Å². The van der Waals surface area contributed by atoms with Gasteiger partial charge in [0.05, 0.1) is 5.56 Å². The molecule has 0 amide bonds. The van der Waals surface area contributed by atoms with Gasteiger partial charge in [-0.2, -0.15) is 0 Å². The zero-order valence-electron chi connectivity index (χ0n) is 10.4. The van der Waals surface area contributed by atoms with Gasteiger partial charge in [0.15, 0.2) is 17.2 Å². The number of fused-ring (bicyclic) bond motifs is 1. The Balaban J connectivity index is 2.30. The maximum atomic E-state index is 13.8. The van der Waals surface area contributed by atoms with Gasteiger partial charge in [-0.3, -0.25) is 4.40 Å². The van der Waals surface area contributed by atoms with Crippen LogP contribution in [0.1, 0.15) is 16.3 Å². The summed E-state index contributed by atoms with van der Waals surface area (Å²) in [6.07, 6.45) is 0. The van der Waals surface area contributed by atoms with Crippen molar-refractivity contribution in [1.29, 1.82) is 0 Å². The van der Waals surface area contributed by atoms with Crippen LogP contribution in [-0.4, -0.2) is 30.7 Å². The van der Waals surface area contributed by atoms with E-state index in [1.54, 1.807) is 25.1 Å². The SMILES string of the molecule is Cc1nc(C(=O)O)cc2nnc(-c3ccccc3F)n12. The van der Waals surface area contributed by atoms with Gasteiger partial charge < -0.3 is 5.11 Å². The van der Waals surface area contributed by atoms with Crippen LogP contribution in [0.15, 0.2) is 30.3 Å². The number of hydrogen-bond donors (Lipinski definition) is 1. The highest BCUT2D eigenvalue weighted by Crippen LogP contribution is 2.22. The van der Waals surface area contributed by atoms with Crippen molar-refractivity contribution in [2.75, 3.05) is 0 Å². The normalized spacial score (nSPS) is 10.9. The molecule has 0 spiro atoms. The van der Waals surface area contributed by atoms with Gasteiger partial charge in [-0.15, -0.1) is 10.2 Å². The molecule has 3 aromatic rings. The second-order valence-corrected chi connectivity index (χ2v) is 4.19. The quantitative estimate of drug-likeness (QED) is 0.771. The number of nitrogens with zero attached hydrogens (tertiary/aromatic N) is 4. The summed E-state index contributed by atoms with van der Waals surface area (Å²) in [4.78, 5) is 14.9. The highest BCUT2D eigenvalue weighted by molar-refractivity contribution is 5.86. The smallest absolute Gasteiger partial charge is 0.354 e. The lowest BCUT2D eigenvalue weighted by molar-refractivity contribution is 0.0690. The van der Waals surface area contributed by atoms with Gasteiger partial charge in [0.1, 0.15) is 11.6 Å². The number of aromatic nitrogens is 4. The molecule has 0 aliphatic carbocycles. The maximum Gasteiger partial charge on any atom is 0.354 e. The molecule has 1 N–H and O–H groups in total. The molecule has 0 atom stereocenters. The van der Waals surface area contributed by atoms with Crippen molar-refractivity contribution in [3.8, 4) is 11.4 Å². The molecular formula is C13H9FN4O2. The van der Waals surface area contributed by atoms with Crippen LogP contribution in [0.2, 0.25) is 0 Å². The van der Waals surface area contributed by atoms with Gasteiger partial charge in [0.2, 0.25) is 0 Å². The molecule has 0 saturated heterocycles. The van der Waals surface area contributed by atoms with Crippen LogP contribution >= 0.6 is 0 Å². The van der Waals surface area contributed by atoms with Crippen LogP contribution in [0, 0.1) is 12.7 Å². The fourth-order valence-electron chi connectivity index (χ4n) is 2.01. The predicted octanol–water partition coefficient (Wildman–Crippen LogP) is 1.94. The number of hydrogen-bond acceptors (Lipinski definition) is 4. The van der Waals surface area contributed by atoms with Crippen molar-refractivity contribution in [3.05, 3.63) is 47.7 Å². The molecule has 0 aliphatic rings. The Labute approximate surface area is 112 Å². The average molecular weight is 272 g/mol. The van der Waals surface area contributed by atoms with E-state index in [2.05, 4.69) is 15.2 Å². The number of carboxylic acid groups (broad SMARTS) is 1. The molecule has 6 nitrogen and oxygen atoms in total. The summed E-state index contributed by atoms with van der Waals surface area (Å²) in [7, 11) is 0. The Morgan fingerprint density at radius 3 is 2.75 bits per heavy atom. The Morgan fingerprint density at radius 1 is 1.30 bits per heavy atom. The van der Waals surface area contributed by atoms with Crippen LogP contribution in [0.3, 0.4) is 0 Å². The number of aryl methyl sites for hydroxylation is 1. The molecule has 0 fully saturated rings. The highest BCUT2D eigenvalue weighted by Gasteiger charge is 2.16. The zero-order valence-corrected chi connectivity index (χ0v) is 10.4. The fraction of sp³-hybridized carbons (Fsp3) is 0.0769. The van der Waals surface area contributed by atoms with E-state index in [0.29, 0.717) is 17.3 Å². The molecule has 0 radical (unpaired) electrons. The molecule has 2 heterocycles. The molecule has 100 valence electrons. The van der Waals surface area contributed by atoms with E-state index >= 15 is 0 Å². The van der Waals surface area contributed by atoms with E-state index < -0.39 is 11.8 Å². The van der Waals surface area contributed by atoms with E-state index in [9.17, 15) is 9.18 Å². The lowest BCUT2D eigenvalue weighted by atomic mass is 10.2. The summed E-state index contributed by atoms with van der Waals surface area (Å²) in [6, 6.07) is 7.47. The fourth-order valence-corrected chi connectivity index (χ4v) is 2.01. The predicted molar refractivity (Wildman–Crippen MR) is 67.9 cm³/mol. The molecule has 3 rings (SSSR count). The van der Waals surface area contributed by atoms with Crippen LogP contribution in [0.5, 0.6) is 0 Å². The second kappa shape index (κ2) is 4.37. The number of aromatic carboxylic acids is 1. The van der Waals surface area contributed by atoms with Crippen LogP contribution in [-0.2, 0) is 0 Å². The van der Waals surface area contributed by atoms with E-state index in [0.717, 1.165) is 0 Å². The molecule has 1 aromatic carbocycles. The van der Waals surface area contributed by atoms with Gasteiger partial charge >= 0.3 is 5.97 Å². The van der Waals surface area contributed by atoms with Crippen LogP contribution < -0.4 is 0 Å². The molecule has 0 aliphatic heterocycles. The van der Waals surface area contributed by atoms with Gasteiger partial charge in [0.25, 0.3) is 0 Å². The molecule has 0 unspecified atom stereocenters. The Hall–Kier alpha value is -2.83. The van der Waals surface area contributed by atoms with Crippen molar-refractivity contribution in [1.82, 2.24) is 19.6 Å². The maximum absolute atomic E-state index is 13.8. The first-order chi connectivity index (χ1) is 9.58. The van der Waals surface area contributed by atoms with E-state index in [4.69, 9.17) is 5.11 Å². The number of halogens is 1. The molecule has 0 saturated carbocycles. The van der Waals surface area contributed by atoms with E-state index in [1.165, 1.54) is 16.5 Å². The topological polar surface area (TPSA) is 80.4 Å². The molecule has 0 bridgehead atoms. The van der Waals surface area contributed by atoms with Crippen LogP contribution in [0.4, 0.5) is 4.39 Å². The first-order valence-corrected chi connectivity index (χ1v) is 5.79. The van der Waals surface area contributed by atoms with Gasteiger partial charge in [-0.1, -0.05) is 12.1 Å². The third kappa shape index (κ3) is 1.80. The number of rotatable bonds is 2. The summed E-state index contributed by atoms with van der Waals surface area (Å²) in [5.41, 5.74) is 0.476. The molecule has 2 aromatic heterocycles. The zero-order chi connectivity index (χ0) is 14.3. The van der Waals surface area contributed by atoms with Crippen molar-refractivity contribution >= 4 is 11.6 Å². The van der Waals surface area contributed by atoms with Crippen LogP contribution in [0.25, 0.3) is 17.0 Å². The molecular weight excluding hydrogens is 263 g/mol. The van der Waals surface area contributed by atoms with E-state index in [-0.39, 0.29) is 11.3 Å².